The summed E-state index contributed by atoms with van der Waals surface area (Å²) in [5, 5.41) is 2.70. The largest absolute Gasteiger partial charge is 0.453 e. The number of nitrogens with one attached hydrogen (secondary N) is 3. The van der Waals surface area contributed by atoms with Gasteiger partial charge >= 0.3 is 6.09 Å². The number of aromatic amines is 2. The van der Waals surface area contributed by atoms with E-state index in [0.717, 1.165) is 52.4 Å². The molecule has 4 aromatic rings. The van der Waals surface area contributed by atoms with Crippen LogP contribution in [0.5, 0.6) is 0 Å². The summed E-state index contributed by atoms with van der Waals surface area (Å²) in [6, 6.07) is 16.0. The van der Waals surface area contributed by atoms with E-state index in [1.165, 1.54) is 13.5 Å². The first-order valence-corrected chi connectivity index (χ1v) is 16.7. The van der Waals surface area contributed by atoms with E-state index < -0.39 is 24.0 Å². The molecule has 1 spiro atoms. The van der Waals surface area contributed by atoms with Crippen LogP contribution in [0.15, 0.2) is 60.9 Å². The van der Waals surface area contributed by atoms with Gasteiger partial charge in [-0.1, -0.05) is 62.4 Å². The smallest absolute Gasteiger partial charge is 0.407 e. The van der Waals surface area contributed by atoms with Crippen LogP contribution in [0, 0.1) is 5.92 Å². The maximum Gasteiger partial charge on any atom is 0.407 e. The van der Waals surface area contributed by atoms with Crippen molar-refractivity contribution in [2.45, 2.75) is 57.0 Å². The molecule has 2 aromatic heterocycles. The van der Waals surface area contributed by atoms with E-state index in [-0.39, 0.29) is 18.4 Å². The quantitative estimate of drug-likeness (QED) is 0.233. The Morgan fingerprint density at radius 3 is 1.94 bits per heavy atom. The third-order valence-electron chi connectivity index (χ3n) is 9.85. The van der Waals surface area contributed by atoms with E-state index >= 15 is 0 Å². The van der Waals surface area contributed by atoms with Crippen LogP contribution in [-0.2, 0) is 19.0 Å². The Balaban J connectivity index is 1.07. The first-order valence-electron chi connectivity index (χ1n) is 16.7. The van der Waals surface area contributed by atoms with Gasteiger partial charge in [-0.25, -0.2) is 14.8 Å². The van der Waals surface area contributed by atoms with Gasteiger partial charge in [-0.15, -0.1) is 0 Å². The molecule has 3 saturated heterocycles. The highest BCUT2D eigenvalue weighted by atomic mass is 16.7. The molecule has 3 fully saturated rings. The molecule has 0 bridgehead atoms. The van der Waals surface area contributed by atoms with Gasteiger partial charge in [0.25, 0.3) is 0 Å². The lowest BCUT2D eigenvalue weighted by molar-refractivity contribution is -0.153. The lowest BCUT2D eigenvalue weighted by Crippen LogP contribution is -2.52. The number of hydrogen-bond acceptors (Lipinski definition) is 8. The molecule has 3 aliphatic rings. The van der Waals surface area contributed by atoms with Crippen molar-refractivity contribution in [1.82, 2.24) is 35.1 Å². The number of H-pyrrole nitrogens is 2. The number of aromatic nitrogens is 4. The first-order chi connectivity index (χ1) is 23.2. The zero-order valence-electron chi connectivity index (χ0n) is 27.9. The standard InChI is InChI=1S/C36H43N7O5/c1-22(2)31(41-35(45)46-4)34(44)43-21-36(47-16-17-48-36)18-30(43)33-38-20-28(40-33)26-13-9-24(10-14-26)23-7-11-25(12-8-23)27-19-37-32(39-27)29-6-5-15-42(29)3/h7-14,19-20,22,29-31H,5-6,15-18,21H2,1-4H3,(H,37,39)(H,38,40)(H,41,45). The van der Waals surface area contributed by atoms with Crippen molar-refractivity contribution in [2.75, 3.05) is 40.5 Å². The highest BCUT2D eigenvalue weighted by Gasteiger charge is 2.52. The van der Waals surface area contributed by atoms with E-state index in [4.69, 9.17) is 19.2 Å². The summed E-state index contributed by atoms with van der Waals surface area (Å²) in [4.78, 5) is 46.4. The molecule has 0 saturated carbocycles. The minimum Gasteiger partial charge on any atom is -0.453 e. The zero-order chi connectivity index (χ0) is 33.4. The number of nitrogens with zero attached hydrogens (tertiary/aromatic N) is 4. The van der Waals surface area contributed by atoms with Crippen molar-refractivity contribution < 1.29 is 23.8 Å². The number of carbonyl (C=O) groups excluding carboxylic acids is 2. The van der Waals surface area contributed by atoms with Crippen LogP contribution >= 0.6 is 0 Å². The number of hydrogen-bond donors (Lipinski definition) is 3. The predicted molar refractivity (Wildman–Crippen MR) is 180 cm³/mol. The van der Waals surface area contributed by atoms with Crippen molar-refractivity contribution >= 4 is 12.0 Å². The second-order valence-electron chi connectivity index (χ2n) is 13.3. The molecule has 3 atom stereocenters. The fraction of sp³-hybridized carbons (Fsp3) is 0.444. The number of likely N-dealkylation sites (tertiary alicyclic amines) is 2. The predicted octanol–water partition coefficient (Wildman–Crippen LogP) is 5.30. The Morgan fingerprint density at radius 1 is 0.896 bits per heavy atom. The minimum atomic E-state index is -0.899. The number of amides is 2. The molecule has 2 amide bonds. The summed E-state index contributed by atoms with van der Waals surface area (Å²) in [5.74, 6) is 0.372. The second-order valence-corrected chi connectivity index (χ2v) is 13.3. The molecule has 2 aromatic carbocycles. The van der Waals surface area contributed by atoms with Gasteiger partial charge in [0.2, 0.25) is 5.91 Å². The van der Waals surface area contributed by atoms with E-state index in [1.54, 1.807) is 11.1 Å². The number of carbonyl (C=O) groups is 2. The number of methoxy groups -OCH3 is 1. The van der Waals surface area contributed by atoms with Crippen molar-refractivity contribution in [3.8, 4) is 33.6 Å². The van der Waals surface area contributed by atoms with Crippen LogP contribution in [0.2, 0.25) is 0 Å². The highest BCUT2D eigenvalue weighted by molar-refractivity contribution is 5.86. The average Bonchev–Trinajstić information content (AvgIpc) is 3.95. The Hall–Kier alpha value is -4.52. The Labute approximate surface area is 280 Å². The molecule has 3 unspecified atom stereocenters. The number of ether oxygens (including phenoxy) is 3. The summed E-state index contributed by atoms with van der Waals surface area (Å²) >= 11 is 0. The Bertz CT molecular complexity index is 1740. The van der Waals surface area contributed by atoms with Crippen molar-refractivity contribution in [2.24, 2.45) is 5.92 Å². The van der Waals surface area contributed by atoms with Gasteiger partial charge in [0.15, 0.2) is 5.79 Å². The second kappa shape index (κ2) is 13.2. The highest BCUT2D eigenvalue weighted by Crippen LogP contribution is 2.43. The molecule has 3 aliphatic heterocycles. The molecule has 12 heteroatoms. The van der Waals surface area contributed by atoms with Crippen LogP contribution in [0.3, 0.4) is 0 Å². The maximum absolute atomic E-state index is 13.9. The van der Waals surface area contributed by atoms with Crippen molar-refractivity contribution in [3.63, 3.8) is 0 Å². The first kappa shape index (κ1) is 32.0. The van der Waals surface area contributed by atoms with Crippen LogP contribution in [0.4, 0.5) is 4.79 Å². The van der Waals surface area contributed by atoms with Gasteiger partial charge in [0, 0.05) is 6.42 Å². The molecular formula is C36H43N7O5. The number of imidazole rings is 2. The number of rotatable bonds is 8. The van der Waals surface area contributed by atoms with E-state index in [0.29, 0.717) is 31.5 Å². The minimum absolute atomic E-state index is 0.164. The van der Waals surface area contributed by atoms with Gasteiger partial charge in [0.05, 0.1) is 62.7 Å². The van der Waals surface area contributed by atoms with Crippen LogP contribution < -0.4 is 5.32 Å². The molecule has 12 nitrogen and oxygen atoms in total. The molecule has 0 aliphatic carbocycles. The summed E-state index contributed by atoms with van der Waals surface area (Å²) < 4.78 is 16.8. The molecule has 0 radical (unpaired) electrons. The summed E-state index contributed by atoms with van der Waals surface area (Å²) in [7, 11) is 3.44. The Kier molecular flexibility index (Phi) is 8.80. The summed E-state index contributed by atoms with van der Waals surface area (Å²) in [5.41, 5.74) is 6.17. The van der Waals surface area contributed by atoms with Crippen molar-refractivity contribution in [1.29, 1.82) is 0 Å². The normalized spacial score (nSPS) is 21.3. The zero-order valence-corrected chi connectivity index (χ0v) is 27.9. The fourth-order valence-electron chi connectivity index (χ4n) is 7.14. The van der Waals surface area contributed by atoms with E-state index in [9.17, 15) is 9.59 Å². The van der Waals surface area contributed by atoms with E-state index in [1.807, 2.05) is 20.0 Å². The summed E-state index contributed by atoms with van der Waals surface area (Å²) in [6.45, 7) is 6.04. The number of alkyl carbamates (subject to hydrolysis) is 1. The molecule has 48 heavy (non-hydrogen) atoms. The van der Waals surface area contributed by atoms with E-state index in [2.05, 4.69) is 80.7 Å². The topological polar surface area (TPSA) is 138 Å². The van der Waals surface area contributed by atoms with Crippen LogP contribution in [0.25, 0.3) is 33.6 Å². The van der Waals surface area contributed by atoms with Gasteiger partial charge in [-0.3, -0.25) is 9.69 Å². The SMILES string of the molecule is COC(=O)NC(C(=O)N1CC2(CC1c1ncc(-c3ccc(-c4ccc(-c5cnc(C6CCCN6C)[nH]5)cc4)cc3)[nH]1)OCCO2)C(C)C. The van der Waals surface area contributed by atoms with Crippen LogP contribution in [-0.4, -0.2) is 94.0 Å². The van der Waals surface area contributed by atoms with Gasteiger partial charge in [0.1, 0.15) is 17.7 Å². The average molecular weight is 654 g/mol. The molecule has 252 valence electrons. The lowest BCUT2D eigenvalue weighted by atomic mass is 10.0. The van der Waals surface area contributed by atoms with Crippen molar-refractivity contribution in [3.05, 3.63) is 72.6 Å². The molecule has 7 rings (SSSR count). The Morgan fingerprint density at radius 2 is 1.44 bits per heavy atom. The molecule has 3 N–H and O–H groups in total. The van der Waals surface area contributed by atoms with Crippen LogP contribution in [0.1, 0.15) is 56.8 Å². The van der Waals surface area contributed by atoms with Gasteiger partial charge in [-0.2, -0.15) is 0 Å². The third kappa shape index (κ3) is 6.23. The molecule has 5 heterocycles. The van der Waals surface area contributed by atoms with Gasteiger partial charge < -0.3 is 34.4 Å². The number of benzene rings is 2. The van der Waals surface area contributed by atoms with Gasteiger partial charge in [-0.05, 0) is 54.6 Å². The maximum atomic E-state index is 13.9. The third-order valence-corrected chi connectivity index (χ3v) is 9.85. The monoisotopic (exact) mass is 653 g/mol. The fourth-order valence-corrected chi connectivity index (χ4v) is 7.14. The lowest BCUT2D eigenvalue weighted by Gasteiger charge is -2.30. The summed E-state index contributed by atoms with van der Waals surface area (Å²) in [6.07, 6.45) is 5.84. The molecular weight excluding hydrogens is 610 g/mol.